The highest BCUT2D eigenvalue weighted by Gasteiger charge is 2.10. The van der Waals surface area contributed by atoms with Gasteiger partial charge in [0.2, 0.25) is 11.1 Å². The molecular weight excluding hydrogens is 447 g/mol. The Morgan fingerprint density at radius 1 is 1.16 bits per heavy atom. The SMILES string of the molecule is O=C(CSc1n[nH]c(-c2ccc(Br)cc2)n1)Nc1ccc(Cl)c(Cl)c1. The summed E-state index contributed by atoms with van der Waals surface area (Å²) in [5, 5.41) is 11.1. The zero-order valence-electron chi connectivity index (χ0n) is 12.6. The van der Waals surface area contributed by atoms with Gasteiger partial charge in [-0.3, -0.25) is 9.89 Å². The topological polar surface area (TPSA) is 70.7 Å². The monoisotopic (exact) mass is 456 g/mol. The minimum Gasteiger partial charge on any atom is -0.325 e. The van der Waals surface area contributed by atoms with Crippen LogP contribution in [0.5, 0.6) is 0 Å². The normalized spacial score (nSPS) is 10.7. The Balaban J connectivity index is 1.57. The molecule has 1 heterocycles. The number of halogens is 3. The summed E-state index contributed by atoms with van der Waals surface area (Å²) in [6.07, 6.45) is 0. The average molecular weight is 458 g/mol. The summed E-state index contributed by atoms with van der Waals surface area (Å²) in [6.45, 7) is 0. The fourth-order valence-corrected chi connectivity index (χ4v) is 3.11. The van der Waals surface area contributed by atoms with Gasteiger partial charge in [0.25, 0.3) is 0 Å². The summed E-state index contributed by atoms with van der Waals surface area (Å²) in [6, 6.07) is 12.6. The Bertz CT molecular complexity index is 901. The predicted molar refractivity (Wildman–Crippen MR) is 105 cm³/mol. The van der Waals surface area contributed by atoms with Crippen molar-refractivity contribution in [1.82, 2.24) is 15.2 Å². The van der Waals surface area contributed by atoms with Crippen molar-refractivity contribution < 1.29 is 4.79 Å². The molecule has 0 aliphatic rings. The molecule has 2 N–H and O–H groups in total. The van der Waals surface area contributed by atoms with Gasteiger partial charge in [0.15, 0.2) is 5.82 Å². The molecule has 5 nitrogen and oxygen atoms in total. The van der Waals surface area contributed by atoms with Gasteiger partial charge in [-0.05, 0) is 30.3 Å². The van der Waals surface area contributed by atoms with Crippen molar-refractivity contribution in [3.8, 4) is 11.4 Å². The van der Waals surface area contributed by atoms with E-state index in [0.717, 1.165) is 10.0 Å². The summed E-state index contributed by atoms with van der Waals surface area (Å²) >= 11 is 16.4. The van der Waals surface area contributed by atoms with Crippen molar-refractivity contribution in [2.45, 2.75) is 5.16 Å². The second kappa shape index (κ2) is 8.23. The Labute approximate surface area is 166 Å². The molecule has 0 saturated carbocycles. The highest BCUT2D eigenvalue weighted by atomic mass is 79.9. The summed E-state index contributed by atoms with van der Waals surface area (Å²) in [5.74, 6) is 0.649. The van der Waals surface area contributed by atoms with Crippen molar-refractivity contribution in [1.29, 1.82) is 0 Å². The summed E-state index contributed by atoms with van der Waals surface area (Å²) < 4.78 is 0.990. The smallest absolute Gasteiger partial charge is 0.234 e. The van der Waals surface area contributed by atoms with E-state index in [1.54, 1.807) is 18.2 Å². The number of aromatic nitrogens is 3. The van der Waals surface area contributed by atoms with Crippen LogP contribution in [0.1, 0.15) is 0 Å². The molecule has 0 spiro atoms. The maximum atomic E-state index is 12.0. The first-order valence-corrected chi connectivity index (χ1v) is 9.61. The molecule has 0 fully saturated rings. The molecule has 9 heteroatoms. The molecule has 0 atom stereocenters. The molecule has 128 valence electrons. The van der Waals surface area contributed by atoms with Gasteiger partial charge in [0, 0.05) is 15.7 Å². The van der Waals surface area contributed by atoms with E-state index < -0.39 is 0 Å². The molecule has 3 rings (SSSR count). The molecule has 0 aliphatic heterocycles. The summed E-state index contributed by atoms with van der Waals surface area (Å²) in [5.41, 5.74) is 1.51. The second-order valence-electron chi connectivity index (χ2n) is 4.94. The van der Waals surface area contributed by atoms with Crippen LogP contribution in [0.25, 0.3) is 11.4 Å². The molecule has 1 amide bonds. The van der Waals surface area contributed by atoms with Gasteiger partial charge >= 0.3 is 0 Å². The standard InChI is InChI=1S/C16H11BrCl2N4OS/c17-10-3-1-9(2-4-10)15-21-16(23-22-15)25-8-14(24)20-11-5-6-12(18)13(19)7-11/h1-7H,8H2,(H,20,24)(H,21,22,23). The Morgan fingerprint density at radius 3 is 2.64 bits per heavy atom. The van der Waals surface area contributed by atoms with Gasteiger partial charge in [0.1, 0.15) is 0 Å². The first-order chi connectivity index (χ1) is 12.0. The molecule has 25 heavy (non-hydrogen) atoms. The number of carbonyl (C=O) groups excluding carboxylic acids is 1. The molecule has 0 bridgehead atoms. The van der Waals surface area contributed by atoms with Crippen LogP contribution in [0.4, 0.5) is 5.69 Å². The van der Waals surface area contributed by atoms with Crippen LogP contribution < -0.4 is 5.32 Å². The minimum absolute atomic E-state index is 0.178. The van der Waals surface area contributed by atoms with E-state index in [0.29, 0.717) is 26.7 Å². The number of nitrogens with one attached hydrogen (secondary N) is 2. The van der Waals surface area contributed by atoms with E-state index in [1.165, 1.54) is 11.8 Å². The van der Waals surface area contributed by atoms with Crippen LogP contribution >= 0.6 is 50.9 Å². The van der Waals surface area contributed by atoms with Gasteiger partial charge in [0.05, 0.1) is 15.8 Å². The lowest BCUT2D eigenvalue weighted by molar-refractivity contribution is -0.113. The molecule has 1 aromatic heterocycles. The van der Waals surface area contributed by atoms with Crippen LogP contribution in [0.2, 0.25) is 10.0 Å². The van der Waals surface area contributed by atoms with Gasteiger partial charge in [-0.15, -0.1) is 5.10 Å². The molecule has 0 saturated heterocycles. The van der Waals surface area contributed by atoms with Gasteiger partial charge in [-0.2, -0.15) is 0 Å². The van der Waals surface area contributed by atoms with Crippen molar-refractivity contribution in [2.75, 3.05) is 11.1 Å². The summed E-state index contributed by atoms with van der Waals surface area (Å²) in [7, 11) is 0. The first kappa shape index (κ1) is 18.3. The maximum Gasteiger partial charge on any atom is 0.234 e. The number of rotatable bonds is 5. The number of H-pyrrole nitrogens is 1. The van der Waals surface area contributed by atoms with Gasteiger partial charge < -0.3 is 5.32 Å². The first-order valence-electron chi connectivity index (χ1n) is 7.07. The molecule has 0 aliphatic carbocycles. The van der Waals surface area contributed by atoms with Crippen molar-refractivity contribution in [3.05, 3.63) is 57.0 Å². The number of anilines is 1. The second-order valence-corrected chi connectivity index (χ2v) is 7.61. The van der Waals surface area contributed by atoms with E-state index in [2.05, 4.69) is 36.4 Å². The van der Waals surface area contributed by atoms with Crippen LogP contribution in [-0.4, -0.2) is 26.8 Å². The van der Waals surface area contributed by atoms with E-state index in [9.17, 15) is 4.79 Å². The average Bonchev–Trinajstić information content (AvgIpc) is 3.06. The highest BCUT2D eigenvalue weighted by Crippen LogP contribution is 2.25. The maximum absolute atomic E-state index is 12.0. The zero-order chi connectivity index (χ0) is 17.8. The van der Waals surface area contributed by atoms with Crippen LogP contribution in [-0.2, 0) is 4.79 Å². The fraction of sp³-hybridized carbons (Fsp3) is 0.0625. The fourth-order valence-electron chi connectivity index (χ4n) is 1.95. The number of nitrogens with zero attached hydrogens (tertiary/aromatic N) is 2. The zero-order valence-corrected chi connectivity index (χ0v) is 16.5. The molecular formula is C16H11BrCl2N4OS. The number of thioether (sulfide) groups is 1. The number of amides is 1. The Kier molecular flexibility index (Phi) is 6.01. The minimum atomic E-state index is -0.182. The van der Waals surface area contributed by atoms with Gasteiger partial charge in [-0.1, -0.05) is 63.0 Å². The molecule has 3 aromatic rings. The third kappa shape index (κ3) is 4.98. The van der Waals surface area contributed by atoms with Crippen LogP contribution in [0, 0.1) is 0 Å². The highest BCUT2D eigenvalue weighted by molar-refractivity contribution is 9.10. The van der Waals surface area contributed by atoms with Crippen molar-refractivity contribution in [2.24, 2.45) is 0 Å². The third-order valence-corrected chi connectivity index (χ3v) is 5.23. The van der Waals surface area contributed by atoms with E-state index in [1.807, 2.05) is 24.3 Å². The van der Waals surface area contributed by atoms with E-state index in [4.69, 9.17) is 23.2 Å². The quantitative estimate of drug-likeness (QED) is 0.512. The van der Waals surface area contributed by atoms with Crippen molar-refractivity contribution in [3.63, 3.8) is 0 Å². The Morgan fingerprint density at radius 2 is 1.92 bits per heavy atom. The number of benzene rings is 2. The van der Waals surface area contributed by atoms with Crippen LogP contribution in [0.15, 0.2) is 52.1 Å². The van der Waals surface area contributed by atoms with Crippen LogP contribution in [0.3, 0.4) is 0 Å². The lowest BCUT2D eigenvalue weighted by atomic mass is 10.2. The molecule has 0 radical (unpaired) electrons. The van der Waals surface area contributed by atoms with E-state index in [-0.39, 0.29) is 11.7 Å². The number of aromatic amines is 1. The van der Waals surface area contributed by atoms with E-state index >= 15 is 0 Å². The number of hydrogen-bond donors (Lipinski definition) is 2. The van der Waals surface area contributed by atoms with Gasteiger partial charge in [-0.25, -0.2) is 4.98 Å². The third-order valence-electron chi connectivity index (χ3n) is 3.12. The Hall–Kier alpha value is -1.54. The molecule has 0 unspecified atom stereocenters. The molecule has 2 aromatic carbocycles. The van der Waals surface area contributed by atoms with Crippen molar-refractivity contribution >= 4 is 62.5 Å². The number of carbonyl (C=O) groups is 1. The number of hydrogen-bond acceptors (Lipinski definition) is 4. The lowest BCUT2D eigenvalue weighted by Gasteiger charge is -2.05. The lowest BCUT2D eigenvalue weighted by Crippen LogP contribution is -2.14. The predicted octanol–water partition coefficient (Wildman–Crippen LogP) is 5.27. The largest absolute Gasteiger partial charge is 0.325 e. The summed E-state index contributed by atoms with van der Waals surface area (Å²) in [4.78, 5) is 16.4.